The van der Waals surface area contributed by atoms with E-state index in [0.29, 0.717) is 10.9 Å². The second-order valence-electron chi connectivity index (χ2n) is 5.88. The van der Waals surface area contributed by atoms with Gasteiger partial charge in [0.25, 0.3) is 0 Å². The number of benzene rings is 1. The van der Waals surface area contributed by atoms with Crippen LogP contribution in [0, 0.1) is 5.92 Å². The van der Waals surface area contributed by atoms with Gasteiger partial charge in [0.05, 0.1) is 0 Å². The number of rotatable bonds is 4. The molecule has 2 amide bonds. The lowest BCUT2D eigenvalue weighted by atomic mass is 9.97. The van der Waals surface area contributed by atoms with E-state index in [-0.39, 0.29) is 12.1 Å². The van der Waals surface area contributed by atoms with Crippen LogP contribution in [0.2, 0.25) is 5.02 Å². The zero-order valence-corrected chi connectivity index (χ0v) is 13.5. The summed E-state index contributed by atoms with van der Waals surface area (Å²) in [6.07, 6.45) is 2.27. The molecular formula is C16H24ClN3O. The minimum atomic E-state index is -0.0502. The standard InChI is InChI=1S/C16H24ClN3O/c1-12(2)20(11-13-6-8-18-9-7-13)16(21)19-15-5-3-4-14(17)10-15/h3-5,10,12-13,18H,6-9,11H2,1-2H3,(H,19,21). The number of carbonyl (C=O) groups is 1. The molecule has 2 N–H and O–H groups in total. The molecule has 0 atom stereocenters. The van der Waals surface area contributed by atoms with E-state index in [9.17, 15) is 4.79 Å². The second-order valence-corrected chi connectivity index (χ2v) is 6.32. The van der Waals surface area contributed by atoms with Gasteiger partial charge >= 0.3 is 6.03 Å². The van der Waals surface area contributed by atoms with Crippen molar-refractivity contribution in [2.24, 2.45) is 5.92 Å². The SMILES string of the molecule is CC(C)N(CC1CCNCC1)C(=O)Nc1cccc(Cl)c1. The van der Waals surface area contributed by atoms with Crippen molar-refractivity contribution >= 4 is 23.3 Å². The van der Waals surface area contributed by atoms with Gasteiger partial charge in [0.15, 0.2) is 0 Å². The van der Waals surface area contributed by atoms with Crippen LogP contribution < -0.4 is 10.6 Å². The molecule has 1 aromatic carbocycles. The van der Waals surface area contributed by atoms with E-state index in [0.717, 1.165) is 38.2 Å². The maximum absolute atomic E-state index is 12.5. The Labute approximate surface area is 131 Å². The van der Waals surface area contributed by atoms with Crippen molar-refractivity contribution in [2.75, 3.05) is 25.0 Å². The summed E-state index contributed by atoms with van der Waals surface area (Å²) < 4.78 is 0. The molecule has 1 heterocycles. The fourth-order valence-electron chi connectivity index (χ4n) is 2.63. The molecule has 116 valence electrons. The van der Waals surface area contributed by atoms with Crippen LogP contribution in [0.15, 0.2) is 24.3 Å². The van der Waals surface area contributed by atoms with Gasteiger partial charge in [-0.2, -0.15) is 0 Å². The Morgan fingerprint density at radius 2 is 2.14 bits per heavy atom. The van der Waals surface area contributed by atoms with Crippen molar-refractivity contribution in [1.82, 2.24) is 10.2 Å². The number of carbonyl (C=O) groups excluding carboxylic acids is 1. The molecule has 0 spiro atoms. The van der Waals surface area contributed by atoms with Crippen molar-refractivity contribution in [3.8, 4) is 0 Å². The molecular weight excluding hydrogens is 286 g/mol. The summed E-state index contributed by atoms with van der Waals surface area (Å²) in [7, 11) is 0. The fraction of sp³-hybridized carbons (Fsp3) is 0.562. The molecule has 2 rings (SSSR count). The highest BCUT2D eigenvalue weighted by Crippen LogP contribution is 2.18. The van der Waals surface area contributed by atoms with Crippen LogP contribution in [0.25, 0.3) is 0 Å². The molecule has 4 nitrogen and oxygen atoms in total. The molecule has 1 saturated heterocycles. The van der Waals surface area contributed by atoms with E-state index in [1.807, 2.05) is 17.0 Å². The highest BCUT2D eigenvalue weighted by Gasteiger charge is 2.22. The minimum Gasteiger partial charge on any atom is -0.322 e. The third-order valence-electron chi connectivity index (χ3n) is 3.87. The van der Waals surface area contributed by atoms with Gasteiger partial charge in [-0.15, -0.1) is 0 Å². The molecule has 0 bridgehead atoms. The lowest BCUT2D eigenvalue weighted by molar-refractivity contribution is 0.175. The molecule has 1 fully saturated rings. The van der Waals surface area contributed by atoms with Crippen LogP contribution in [-0.4, -0.2) is 36.6 Å². The van der Waals surface area contributed by atoms with E-state index in [1.165, 1.54) is 0 Å². The van der Waals surface area contributed by atoms with Crippen molar-refractivity contribution in [2.45, 2.75) is 32.7 Å². The molecule has 1 aliphatic heterocycles. The third-order valence-corrected chi connectivity index (χ3v) is 4.11. The summed E-state index contributed by atoms with van der Waals surface area (Å²) in [5, 5.41) is 6.93. The van der Waals surface area contributed by atoms with Crippen LogP contribution >= 0.6 is 11.6 Å². The number of anilines is 1. The molecule has 0 aliphatic carbocycles. The average Bonchev–Trinajstić information content (AvgIpc) is 2.45. The van der Waals surface area contributed by atoms with Crippen LogP contribution in [0.3, 0.4) is 0 Å². The molecule has 21 heavy (non-hydrogen) atoms. The summed E-state index contributed by atoms with van der Waals surface area (Å²) in [5.41, 5.74) is 0.739. The quantitative estimate of drug-likeness (QED) is 0.893. The zero-order chi connectivity index (χ0) is 15.2. The van der Waals surface area contributed by atoms with Crippen LogP contribution in [0.4, 0.5) is 10.5 Å². The van der Waals surface area contributed by atoms with Gasteiger partial charge in [-0.1, -0.05) is 17.7 Å². The predicted octanol–water partition coefficient (Wildman–Crippen LogP) is 3.58. The maximum Gasteiger partial charge on any atom is 0.322 e. The third kappa shape index (κ3) is 4.90. The number of nitrogens with zero attached hydrogens (tertiary/aromatic N) is 1. The van der Waals surface area contributed by atoms with Crippen LogP contribution in [0.1, 0.15) is 26.7 Å². The molecule has 1 aliphatic rings. The van der Waals surface area contributed by atoms with Gasteiger partial charge in [-0.3, -0.25) is 0 Å². The summed E-state index contributed by atoms with van der Waals surface area (Å²) >= 11 is 5.95. The Morgan fingerprint density at radius 1 is 1.43 bits per heavy atom. The number of urea groups is 1. The number of hydrogen-bond donors (Lipinski definition) is 2. The van der Waals surface area contributed by atoms with Gasteiger partial charge in [0.1, 0.15) is 0 Å². The number of amides is 2. The van der Waals surface area contributed by atoms with Crippen molar-refractivity contribution in [1.29, 1.82) is 0 Å². The Balaban J connectivity index is 1.98. The topological polar surface area (TPSA) is 44.4 Å². The Morgan fingerprint density at radius 3 is 2.76 bits per heavy atom. The molecule has 0 saturated carbocycles. The van der Waals surface area contributed by atoms with Crippen molar-refractivity contribution < 1.29 is 4.79 Å². The summed E-state index contributed by atoms with van der Waals surface area (Å²) in [4.78, 5) is 14.4. The van der Waals surface area contributed by atoms with E-state index in [2.05, 4.69) is 24.5 Å². The number of hydrogen-bond acceptors (Lipinski definition) is 2. The van der Waals surface area contributed by atoms with E-state index >= 15 is 0 Å². The van der Waals surface area contributed by atoms with E-state index in [1.54, 1.807) is 12.1 Å². The first kappa shape index (κ1) is 16.1. The van der Waals surface area contributed by atoms with Crippen LogP contribution in [0.5, 0.6) is 0 Å². The average molecular weight is 310 g/mol. The molecule has 0 radical (unpaired) electrons. The van der Waals surface area contributed by atoms with Crippen LogP contribution in [-0.2, 0) is 0 Å². The second kappa shape index (κ2) is 7.66. The number of nitrogens with one attached hydrogen (secondary N) is 2. The Bertz CT molecular complexity index is 472. The first-order valence-corrected chi connectivity index (χ1v) is 7.98. The first-order chi connectivity index (χ1) is 10.1. The summed E-state index contributed by atoms with van der Waals surface area (Å²) in [5.74, 6) is 0.582. The highest BCUT2D eigenvalue weighted by molar-refractivity contribution is 6.30. The number of halogens is 1. The predicted molar refractivity (Wildman–Crippen MR) is 87.9 cm³/mol. The maximum atomic E-state index is 12.5. The zero-order valence-electron chi connectivity index (χ0n) is 12.7. The van der Waals surface area contributed by atoms with Gasteiger partial charge < -0.3 is 15.5 Å². The smallest absolute Gasteiger partial charge is 0.322 e. The highest BCUT2D eigenvalue weighted by atomic mass is 35.5. The summed E-state index contributed by atoms with van der Waals surface area (Å²) in [6.45, 7) is 7.02. The lowest BCUT2D eigenvalue weighted by Crippen LogP contribution is -2.44. The lowest BCUT2D eigenvalue weighted by Gasteiger charge is -2.32. The fourth-order valence-corrected chi connectivity index (χ4v) is 2.82. The minimum absolute atomic E-state index is 0.0502. The Kier molecular flexibility index (Phi) is 5.88. The molecule has 0 unspecified atom stereocenters. The first-order valence-electron chi connectivity index (χ1n) is 7.60. The van der Waals surface area contributed by atoms with Gasteiger partial charge in [0, 0.05) is 23.3 Å². The monoisotopic (exact) mass is 309 g/mol. The van der Waals surface area contributed by atoms with Crippen molar-refractivity contribution in [3.63, 3.8) is 0 Å². The Hall–Kier alpha value is -1.26. The normalized spacial score (nSPS) is 16.0. The molecule has 5 heteroatoms. The van der Waals surface area contributed by atoms with Crippen molar-refractivity contribution in [3.05, 3.63) is 29.3 Å². The van der Waals surface area contributed by atoms with Gasteiger partial charge in [0.2, 0.25) is 0 Å². The van der Waals surface area contributed by atoms with E-state index in [4.69, 9.17) is 11.6 Å². The van der Waals surface area contributed by atoms with Gasteiger partial charge in [-0.05, 0) is 63.9 Å². The van der Waals surface area contributed by atoms with E-state index < -0.39 is 0 Å². The van der Waals surface area contributed by atoms with Gasteiger partial charge in [-0.25, -0.2) is 4.79 Å². The molecule has 0 aromatic heterocycles. The summed E-state index contributed by atoms with van der Waals surface area (Å²) in [6, 6.07) is 7.39. The molecule has 1 aromatic rings. The number of piperidine rings is 1. The largest absolute Gasteiger partial charge is 0.322 e.